The SMILES string of the molecule is COCC(C)NC(=O)CS(=O)c1nc2ccc(N)cc2o1. The number of nitrogens with two attached hydrogens (primary N) is 1. The average Bonchev–Trinajstić information content (AvgIpc) is 2.81. The number of anilines is 1. The molecule has 8 heteroatoms. The first kappa shape index (κ1) is 15.5. The first-order chi connectivity index (χ1) is 9.99. The maximum Gasteiger partial charge on any atom is 0.288 e. The van der Waals surface area contributed by atoms with Crippen LogP contribution >= 0.6 is 0 Å². The van der Waals surface area contributed by atoms with Gasteiger partial charge in [-0.3, -0.25) is 4.79 Å². The third-order valence-corrected chi connectivity index (χ3v) is 3.76. The monoisotopic (exact) mass is 311 g/mol. The molecule has 0 spiro atoms. The maximum absolute atomic E-state index is 12.1. The van der Waals surface area contributed by atoms with E-state index in [0.29, 0.717) is 23.4 Å². The zero-order chi connectivity index (χ0) is 15.4. The number of nitrogens with one attached hydrogen (secondary N) is 1. The molecule has 0 aliphatic carbocycles. The van der Waals surface area contributed by atoms with E-state index in [1.54, 1.807) is 32.2 Å². The van der Waals surface area contributed by atoms with Crippen molar-refractivity contribution in [2.45, 2.75) is 18.2 Å². The van der Waals surface area contributed by atoms with Crippen molar-refractivity contribution in [3.8, 4) is 0 Å². The molecule has 0 bridgehead atoms. The summed E-state index contributed by atoms with van der Waals surface area (Å²) in [5.41, 5.74) is 7.17. The quantitative estimate of drug-likeness (QED) is 0.759. The van der Waals surface area contributed by atoms with Crippen LogP contribution in [0.25, 0.3) is 11.1 Å². The summed E-state index contributed by atoms with van der Waals surface area (Å²) in [6.07, 6.45) is 0. The fourth-order valence-corrected chi connectivity index (χ4v) is 2.63. The summed E-state index contributed by atoms with van der Waals surface area (Å²) < 4.78 is 22.4. The molecule has 0 fully saturated rings. The first-order valence-corrected chi connectivity index (χ1v) is 7.64. The number of rotatable bonds is 6. The van der Waals surface area contributed by atoms with Gasteiger partial charge < -0.3 is 20.2 Å². The van der Waals surface area contributed by atoms with Crippen LogP contribution in [-0.4, -0.2) is 40.6 Å². The molecular weight excluding hydrogens is 294 g/mol. The highest BCUT2D eigenvalue weighted by atomic mass is 32.2. The van der Waals surface area contributed by atoms with Crippen molar-refractivity contribution in [1.82, 2.24) is 10.3 Å². The highest BCUT2D eigenvalue weighted by Crippen LogP contribution is 2.20. The number of benzene rings is 1. The Kier molecular flexibility index (Phi) is 4.92. The lowest BCUT2D eigenvalue weighted by Crippen LogP contribution is -2.38. The third kappa shape index (κ3) is 4.02. The number of hydrogen-bond donors (Lipinski definition) is 2. The summed E-state index contributed by atoms with van der Waals surface area (Å²) >= 11 is 0. The lowest BCUT2D eigenvalue weighted by atomic mass is 10.3. The van der Waals surface area contributed by atoms with Gasteiger partial charge in [-0.05, 0) is 19.1 Å². The van der Waals surface area contributed by atoms with E-state index in [4.69, 9.17) is 14.9 Å². The Bertz CT molecular complexity index is 670. The number of carbonyl (C=O) groups excluding carboxylic acids is 1. The van der Waals surface area contributed by atoms with E-state index >= 15 is 0 Å². The molecule has 0 aliphatic rings. The van der Waals surface area contributed by atoms with E-state index in [1.807, 2.05) is 0 Å². The lowest BCUT2D eigenvalue weighted by molar-refractivity contribution is -0.119. The predicted molar refractivity (Wildman–Crippen MR) is 79.2 cm³/mol. The van der Waals surface area contributed by atoms with Crippen molar-refractivity contribution >= 4 is 33.5 Å². The van der Waals surface area contributed by atoms with E-state index in [0.717, 1.165) is 0 Å². The number of aromatic nitrogens is 1. The molecule has 3 N–H and O–H groups in total. The van der Waals surface area contributed by atoms with Crippen molar-refractivity contribution in [2.75, 3.05) is 25.2 Å². The van der Waals surface area contributed by atoms with Gasteiger partial charge in [-0.15, -0.1) is 0 Å². The van der Waals surface area contributed by atoms with Crippen molar-refractivity contribution < 1.29 is 18.2 Å². The molecular formula is C13H17N3O4S. The van der Waals surface area contributed by atoms with Gasteiger partial charge in [0.15, 0.2) is 5.58 Å². The second-order valence-electron chi connectivity index (χ2n) is 4.62. The van der Waals surface area contributed by atoms with E-state index in [9.17, 15) is 9.00 Å². The fourth-order valence-electron chi connectivity index (χ4n) is 1.81. The van der Waals surface area contributed by atoms with Crippen molar-refractivity contribution in [2.24, 2.45) is 0 Å². The minimum atomic E-state index is -1.64. The average molecular weight is 311 g/mol. The maximum atomic E-state index is 12.1. The normalized spacial score (nSPS) is 14.0. The van der Waals surface area contributed by atoms with Gasteiger partial charge in [-0.2, -0.15) is 0 Å². The van der Waals surface area contributed by atoms with Crippen LogP contribution in [0.15, 0.2) is 27.8 Å². The van der Waals surface area contributed by atoms with Crippen LogP contribution in [0, 0.1) is 0 Å². The highest BCUT2D eigenvalue weighted by Gasteiger charge is 2.17. The van der Waals surface area contributed by atoms with Gasteiger partial charge in [0.25, 0.3) is 5.22 Å². The molecule has 2 unspecified atom stereocenters. The standard InChI is InChI=1S/C13H17N3O4S/c1-8(6-19-2)15-12(17)7-21(18)13-16-10-4-3-9(14)5-11(10)20-13/h3-5,8H,6-7,14H2,1-2H3,(H,15,17). The number of fused-ring (bicyclic) bond motifs is 1. The van der Waals surface area contributed by atoms with Gasteiger partial charge in [-0.1, -0.05) is 0 Å². The molecule has 2 rings (SSSR count). The number of amides is 1. The molecule has 21 heavy (non-hydrogen) atoms. The molecule has 0 aliphatic heterocycles. The second kappa shape index (κ2) is 6.68. The Morgan fingerprint density at radius 2 is 2.33 bits per heavy atom. The summed E-state index contributed by atoms with van der Waals surface area (Å²) in [5.74, 6) is -0.559. The Morgan fingerprint density at radius 1 is 1.57 bits per heavy atom. The van der Waals surface area contributed by atoms with Crippen LogP contribution in [0.2, 0.25) is 0 Å². The summed E-state index contributed by atoms with van der Waals surface area (Å²) in [7, 11) is -0.0981. The summed E-state index contributed by atoms with van der Waals surface area (Å²) in [6.45, 7) is 2.19. The van der Waals surface area contributed by atoms with E-state index in [1.165, 1.54) is 0 Å². The third-order valence-electron chi connectivity index (χ3n) is 2.67. The molecule has 2 aromatic rings. The van der Waals surface area contributed by atoms with Gasteiger partial charge >= 0.3 is 0 Å². The summed E-state index contributed by atoms with van der Waals surface area (Å²) in [4.78, 5) is 15.8. The number of oxazole rings is 1. The Morgan fingerprint density at radius 3 is 3.05 bits per heavy atom. The highest BCUT2D eigenvalue weighted by molar-refractivity contribution is 7.85. The zero-order valence-corrected chi connectivity index (χ0v) is 12.6. The van der Waals surface area contributed by atoms with Crippen molar-refractivity contribution in [3.63, 3.8) is 0 Å². The largest absolute Gasteiger partial charge is 0.430 e. The van der Waals surface area contributed by atoms with Crippen LogP contribution < -0.4 is 11.1 Å². The van der Waals surface area contributed by atoms with Crippen LogP contribution in [0.3, 0.4) is 0 Å². The van der Waals surface area contributed by atoms with Crippen LogP contribution in [-0.2, 0) is 20.3 Å². The van der Waals surface area contributed by atoms with E-state index in [-0.39, 0.29) is 22.9 Å². The Labute approximate surface area is 124 Å². The number of ether oxygens (including phenoxy) is 1. The number of hydrogen-bond acceptors (Lipinski definition) is 6. The van der Waals surface area contributed by atoms with Crippen LogP contribution in [0.1, 0.15) is 6.92 Å². The topological polar surface area (TPSA) is 107 Å². The number of nitrogen functional groups attached to an aromatic ring is 1. The van der Waals surface area contributed by atoms with E-state index in [2.05, 4.69) is 10.3 Å². The predicted octanol–water partition coefficient (Wildman–Crippen LogP) is 0.669. The molecule has 1 aromatic carbocycles. The van der Waals surface area contributed by atoms with Crippen molar-refractivity contribution in [1.29, 1.82) is 0 Å². The van der Waals surface area contributed by atoms with Crippen molar-refractivity contribution in [3.05, 3.63) is 18.2 Å². The van der Waals surface area contributed by atoms with Gasteiger partial charge in [0.05, 0.1) is 6.61 Å². The minimum Gasteiger partial charge on any atom is -0.430 e. The Balaban J connectivity index is 2.03. The molecule has 0 saturated heterocycles. The summed E-state index contributed by atoms with van der Waals surface area (Å²) in [6, 6.07) is 4.80. The van der Waals surface area contributed by atoms with Gasteiger partial charge in [0, 0.05) is 24.9 Å². The minimum absolute atomic E-state index is 0.0187. The lowest BCUT2D eigenvalue weighted by Gasteiger charge is -2.11. The molecule has 114 valence electrons. The van der Waals surface area contributed by atoms with Gasteiger partial charge in [-0.25, -0.2) is 9.19 Å². The molecule has 1 heterocycles. The second-order valence-corrected chi connectivity index (χ2v) is 5.95. The molecule has 0 radical (unpaired) electrons. The fraction of sp³-hybridized carbons (Fsp3) is 0.385. The zero-order valence-electron chi connectivity index (χ0n) is 11.8. The first-order valence-electron chi connectivity index (χ1n) is 6.32. The molecule has 1 aromatic heterocycles. The van der Waals surface area contributed by atoms with Gasteiger partial charge in [0.1, 0.15) is 22.1 Å². The van der Waals surface area contributed by atoms with Crippen LogP contribution in [0.5, 0.6) is 0 Å². The van der Waals surface area contributed by atoms with Gasteiger partial charge in [0.2, 0.25) is 5.91 Å². The Hall–Kier alpha value is -1.93. The molecule has 7 nitrogen and oxygen atoms in total. The summed E-state index contributed by atoms with van der Waals surface area (Å²) in [5, 5.41) is 2.70. The number of carbonyl (C=O) groups is 1. The number of methoxy groups -OCH3 is 1. The molecule has 2 atom stereocenters. The van der Waals surface area contributed by atoms with Crippen LogP contribution in [0.4, 0.5) is 5.69 Å². The molecule has 1 amide bonds. The van der Waals surface area contributed by atoms with E-state index < -0.39 is 10.8 Å². The number of nitrogens with zero attached hydrogens (tertiary/aromatic N) is 1. The smallest absolute Gasteiger partial charge is 0.288 e. The molecule has 0 saturated carbocycles.